The van der Waals surface area contributed by atoms with E-state index in [1.54, 1.807) is 30.3 Å². The zero-order chi connectivity index (χ0) is 16.9. The molecule has 1 aromatic rings. The van der Waals surface area contributed by atoms with E-state index in [0.717, 1.165) is 25.7 Å². The minimum Gasteiger partial charge on any atom is -0.352 e. The van der Waals surface area contributed by atoms with Crippen LogP contribution in [0.15, 0.2) is 35.2 Å². The Morgan fingerprint density at radius 3 is 2.48 bits per heavy atom. The van der Waals surface area contributed by atoms with Gasteiger partial charge in [-0.1, -0.05) is 38.5 Å². The van der Waals surface area contributed by atoms with Gasteiger partial charge in [0, 0.05) is 12.6 Å². The molecule has 23 heavy (non-hydrogen) atoms. The van der Waals surface area contributed by atoms with Gasteiger partial charge in [0.2, 0.25) is 15.9 Å². The first-order valence-corrected chi connectivity index (χ1v) is 9.82. The Morgan fingerprint density at radius 2 is 1.87 bits per heavy atom. The molecule has 0 saturated carbocycles. The van der Waals surface area contributed by atoms with Crippen molar-refractivity contribution in [1.29, 1.82) is 0 Å². The molecule has 1 aliphatic rings. The second-order valence-electron chi connectivity index (χ2n) is 5.96. The van der Waals surface area contributed by atoms with Crippen LogP contribution in [0.3, 0.4) is 0 Å². The Labute approximate surface area is 139 Å². The van der Waals surface area contributed by atoms with Gasteiger partial charge in [-0.15, -0.1) is 0 Å². The van der Waals surface area contributed by atoms with Crippen molar-refractivity contribution < 1.29 is 13.2 Å². The van der Waals surface area contributed by atoms with Crippen LogP contribution in [0, 0.1) is 0 Å². The number of hydrogen-bond donors (Lipinski definition) is 1. The number of piperidine rings is 1. The zero-order valence-corrected chi connectivity index (χ0v) is 14.7. The molecule has 0 bridgehead atoms. The lowest BCUT2D eigenvalue weighted by Crippen LogP contribution is -2.53. The summed E-state index contributed by atoms with van der Waals surface area (Å²) in [5.74, 6) is -0.169. The summed E-state index contributed by atoms with van der Waals surface area (Å²) in [5, 5.41) is 2.99. The third-order valence-electron chi connectivity index (χ3n) is 4.44. The van der Waals surface area contributed by atoms with Gasteiger partial charge in [-0.2, -0.15) is 4.31 Å². The maximum atomic E-state index is 12.9. The van der Waals surface area contributed by atoms with Crippen LogP contribution in [0.25, 0.3) is 0 Å². The van der Waals surface area contributed by atoms with Gasteiger partial charge in [0.1, 0.15) is 6.04 Å². The van der Waals surface area contributed by atoms with E-state index in [1.807, 2.05) is 13.8 Å². The monoisotopic (exact) mass is 338 g/mol. The summed E-state index contributed by atoms with van der Waals surface area (Å²) in [6, 6.07) is 7.86. The highest BCUT2D eigenvalue weighted by Crippen LogP contribution is 2.25. The molecular formula is C17H26N2O3S. The van der Waals surface area contributed by atoms with Crippen LogP contribution in [0.4, 0.5) is 0 Å². The number of nitrogens with one attached hydrogen (secondary N) is 1. The van der Waals surface area contributed by atoms with Crippen molar-refractivity contribution in [1.82, 2.24) is 9.62 Å². The topological polar surface area (TPSA) is 66.5 Å². The predicted molar refractivity (Wildman–Crippen MR) is 90.5 cm³/mol. The van der Waals surface area contributed by atoms with Crippen LogP contribution >= 0.6 is 0 Å². The number of nitrogens with zero attached hydrogens (tertiary/aromatic N) is 1. The van der Waals surface area contributed by atoms with Gasteiger partial charge in [-0.05, 0) is 37.8 Å². The summed E-state index contributed by atoms with van der Waals surface area (Å²) in [6.07, 6.45) is 3.95. The molecule has 1 aliphatic heterocycles. The molecule has 2 rings (SSSR count). The summed E-state index contributed by atoms with van der Waals surface area (Å²) in [6.45, 7) is 4.44. The van der Waals surface area contributed by atoms with Crippen molar-refractivity contribution in [2.45, 2.75) is 62.9 Å². The average molecular weight is 338 g/mol. The van der Waals surface area contributed by atoms with Crippen molar-refractivity contribution >= 4 is 15.9 Å². The van der Waals surface area contributed by atoms with Crippen LogP contribution < -0.4 is 5.32 Å². The van der Waals surface area contributed by atoms with E-state index in [0.29, 0.717) is 13.0 Å². The van der Waals surface area contributed by atoms with Gasteiger partial charge in [-0.3, -0.25) is 4.79 Å². The first-order chi connectivity index (χ1) is 11.0. The van der Waals surface area contributed by atoms with Crippen molar-refractivity contribution in [3.05, 3.63) is 30.3 Å². The van der Waals surface area contributed by atoms with Gasteiger partial charge < -0.3 is 5.32 Å². The highest BCUT2D eigenvalue weighted by atomic mass is 32.2. The van der Waals surface area contributed by atoms with Crippen LogP contribution in [-0.4, -0.2) is 37.3 Å². The maximum Gasteiger partial charge on any atom is 0.243 e. The molecule has 1 amide bonds. The maximum absolute atomic E-state index is 12.9. The van der Waals surface area contributed by atoms with E-state index >= 15 is 0 Å². The number of hydrogen-bond acceptors (Lipinski definition) is 3. The van der Waals surface area contributed by atoms with E-state index in [9.17, 15) is 13.2 Å². The van der Waals surface area contributed by atoms with Crippen LogP contribution in [-0.2, 0) is 14.8 Å². The largest absolute Gasteiger partial charge is 0.352 e. The molecule has 6 heteroatoms. The van der Waals surface area contributed by atoms with Crippen molar-refractivity contribution in [3.63, 3.8) is 0 Å². The van der Waals surface area contributed by atoms with Crippen molar-refractivity contribution in [2.24, 2.45) is 0 Å². The van der Waals surface area contributed by atoms with Crippen LogP contribution in [0.2, 0.25) is 0 Å². The third kappa shape index (κ3) is 4.12. The van der Waals surface area contributed by atoms with E-state index < -0.39 is 16.1 Å². The third-order valence-corrected chi connectivity index (χ3v) is 6.36. The molecule has 0 radical (unpaired) electrons. The molecule has 0 aromatic heterocycles. The van der Waals surface area contributed by atoms with Crippen molar-refractivity contribution in [2.75, 3.05) is 6.54 Å². The lowest BCUT2D eigenvalue weighted by atomic mass is 10.0. The number of amides is 1. The molecule has 1 aromatic carbocycles. The fraction of sp³-hybridized carbons (Fsp3) is 0.588. The Hall–Kier alpha value is -1.40. The molecule has 0 unspecified atom stereocenters. The Kier molecular flexibility index (Phi) is 6.18. The van der Waals surface area contributed by atoms with E-state index in [2.05, 4.69) is 5.32 Å². The molecule has 1 heterocycles. The summed E-state index contributed by atoms with van der Waals surface area (Å²) < 4.78 is 27.1. The lowest BCUT2D eigenvalue weighted by Gasteiger charge is -2.34. The molecule has 0 aliphatic carbocycles. The van der Waals surface area contributed by atoms with Gasteiger partial charge in [0.15, 0.2) is 0 Å². The number of carbonyl (C=O) groups is 1. The molecule has 1 saturated heterocycles. The molecule has 1 atom stereocenters. The Morgan fingerprint density at radius 1 is 1.22 bits per heavy atom. The summed E-state index contributed by atoms with van der Waals surface area (Å²) in [7, 11) is -3.63. The SMILES string of the molecule is CCC(CC)NC(=O)[C@@H]1CCCCN1S(=O)(=O)c1ccccc1. The molecule has 1 N–H and O–H groups in total. The van der Waals surface area contributed by atoms with Gasteiger partial charge in [-0.25, -0.2) is 8.42 Å². The Bertz CT molecular complexity index is 612. The molecular weight excluding hydrogens is 312 g/mol. The second kappa shape index (κ2) is 7.93. The molecule has 5 nitrogen and oxygen atoms in total. The van der Waals surface area contributed by atoms with Gasteiger partial charge in [0.25, 0.3) is 0 Å². The summed E-state index contributed by atoms with van der Waals surface area (Å²) in [4.78, 5) is 12.8. The second-order valence-corrected chi connectivity index (χ2v) is 7.85. The number of carbonyl (C=O) groups excluding carboxylic acids is 1. The highest BCUT2D eigenvalue weighted by Gasteiger charge is 2.37. The molecule has 128 valence electrons. The zero-order valence-electron chi connectivity index (χ0n) is 13.9. The van der Waals surface area contributed by atoms with Crippen molar-refractivity contribution in [3.8, 4) is 0 Å². The highest BCUT2D eigenvalue weighted by molar-refractivity contribution is 7.89. The minimum atomic E-state index is -3.63. The smallest absolute Gasteiger partial charge is 0.243 e. The fourth-order valence-corrected chi connectivity index (χ4v) is 4.65. The normalized spacial score (nSPS) is 19.7. The minimum absolute atomic E-state index is 0.103. The quantitative estimate of drug-likeness (QED) is 0.867. The Balaban J connectivity index is 2.23. The van der Waals surface area contributed by atoms with E-state index in [1.165, 1.54) is 4.31 Å². The first-order valence-electron chi connectivity index (χ1n) is 8.38. The summed E-state index contributed by atoms with van der Waals surface area (Å²) >= 11 is 0. The number of sulfonamides is 1. The van der Waals surface area contributed by atoms with E-state index in [4.69, 9.17) is 0 Å². The average Bonchev–Trinajstić information content (AvgIpc) is 2.60. The fourth-order valence-electron chi connectivity index (χ4n) is 2.97. The van der Waals surface area contributed by atoms with Crippen LogP contribution in [0.1, 0.15) is 46.0 Å². The number of benzene rings is 1. The van der Waals surface area contributed by atoms with Gasteiger partial charge >= 0.3 is 0 Å². The molecule has 1 fully saturated rings. The van der Waals surface area contributed by atoms with E-state index in [-0.39, 0.29) is 16.8 Å². The standard InChI is InChI=1S/C17H26N2O3S/c1-3-14(4-2)18-17(20)16-12-8-9-13-19(16)23(21,22)15-10-6-5-7-11-15/h5-7,10-11,14,16H,3-4,8-9,12-13H2,1-2H3,(H,18,20)/t16-/m0/s1. The summed E-state index contributed by atoms with van der Waals surface area (Å²) in [5.41, 5.74) is 0. The number of rotatable bonds is 6. The van der Waals surface area contributed by atoms with Crippen LogP contribution in [0.5, 0.6) is 0 Å². The first kappa shape index (κ1) is 17.9. The lowest BCUT2D eigenvalue weighted by molar-refractivity contribution is -0.126. The molecule has 0 spiro atoms. The van der Waals surface area contributed by atoms with Gasteiger partial charge in [0.05, 0.1) is 4.90 Å². The predicted octanol–water partition coefficient (Wildman–Crippen LogP) is 2.53.